The first-order chi connectivity index (χ1) is 8.61. The van der Waals surface area contributed by atoms with Crippen molar-refractivity contribution in [1.82, 2.24) is 5.32 Å². The van der Waals surface area contributed by atoms with Crippen LogP contribution in [0.2, 0.25) is 0 Å². The molecule has 1 aromatic carbocycles. The Morgan fingerprint density at radius 1 is 1.17 bits per heavy atom. The van der Waals surface area contributed by atoms with E-state index < -0.39 is 0 Å². The highest BCUT2D eigenvalue weighted by atomic mass is 16.5. The molecule has 0 fully saturated rings. The zero-order valence-corrected chi connectivity index (χ0v) is 11.8. The molecule has 0 aliphatic rings. The van der Waals surface area contributed by atoms with E-state index in [1.54, 1.807) is 0 Å². The smallest absolute Gasteiger partial charge is 0.119 e. The molecule has 0 aromatic heterocycles. The first kappa shape index (κ1) is 15.0. The summed E-state index contributed by atoms with van der Waals surface area (Å²) in [4.78, 5) is 0. The molecule has 0 amide bonds. The van der Waals surface area contributed by atoms with Gasteiger partial charge >= 0.3 is 0 Å². The third-order valence-electron chi connectivity index (χ3n) is 2.84. The van der Waals surface area contributed by atoms with Crippen LogP contribution in [0.5, 0.6) is 5.75 Å². The van der Waals surface area contributed by atoms with Crippen LogP contribution in [0, 0.1) is 5.92 Å². The van der Waals surface area contributed by atoms with Gasteiger partial charge in [0.05, 0.1) is 6.10 Å². The molecule has 0 aliphatic carbocycles. The third kappa shape index (κ3) is 6.03. The van der Waals surface area contributed by atoms with E-state index in [-0.39, 0.29) is 6.10 Å². The van der Waals surface area contributed by atoms with Crippen molar-refractivity contribution in [3.63, 3.8) is 0 Å². The minimum atomic E-state index is 0.228. The predicted octanol–water partition coefficient (Wildman–Crippen LogP) is 2.55. The summed E-state index contributed by atoms with van der Waals surface area (Å²) in [6, 6.07) is 8.27. The molecule has 0 aliphatic heterocycles. The fourth-order valence-corrected chi connectivity index (χ4v) is 1.66. The van der Waals surface area contributed by atoms with Crippen LogP contribution in [0.1, 0.15) is 32.8 Å². The number of hydrogen-bond acceptors (Lipinski definition) is 3. The van der Waals surface area contributed by atoms with Gasteiger partial charge in [0.25, 0.3) is 0 Å². The van der Waals surface area contributed by atoms with Crippen LogP contribution in [0.15, 0.2) is 24.3 Å². The highest BCUT2D eigenvalue weighted by molar-refractivity contribution is 5.27. The molecule has 0 radical (unpaired) electrons. The lowest BCUT2D eigenvalue weighted by molar-refractivity contribution is 0.242. The molecule has 18 heavy (non-hydrogen) atoms. The number of benzene rings is 1. The number of nitrogens with two attached hydrogens (primary N) is 1. The Morgan fingerprint density at radius 3 is 2.39 bits per heavy atom. The maximum atomic E-state index is 5.61. The van der Waals surface area contributed by atoms with E-state index in [2.05, 4.69) is 24.4 Å². The van der Waals surface area contributed by atoms with E-state index in [9.17, 15) is 0 Å². The lowest BCUT2D eigenvalue weighted by Crippen LogP contribution is -2.20. The molecule has 0 saturated carbocycles. The number of hydrogen-bond donors (Lipinski definition) is 2. The molecule has 3 N–H and O–H groups in total. The topological polar surface area (TPSA) is 47.3 Å². The molecule has 0 saturated heterocycles. The number of rotatable bonds is 8. The molecule has 102 valence electrons. The van der Waals surface area contributed by atoms with Crippen molar-refractivity contribution >= 4 is 0 Å². The second-order valence-corrected chi connectivity index (χ2v) is 5.12. The fraction of sp³-hybridized carbons (Fsp3) is 0.600. The first-order valence-corrected chi connectivity index (χ1v) is 6.78. The highest BCUT2D eigenvalue weighted by Crippen LogP contribution is 2.13. The summed E-state index contributed by atoms with van der Waals surface area (Å²) < 4.78 is 5.61. The van der Waals surface area contributed by atoms with Gasteiger partial charge in [-0.25, -0.2) is 0 Å². The van der Waals surface area contributed by atoms with E-state index in [0.717, 1.165) is 31.8 Å². The zero-order valence-electron chi connectivity index (χ0n) is 11.8. The summed E-state index contributed by atoms with van der Waals surface area (Å²) in [7, 11) is 0. The van der Waals surface area contributed by atoms with Crippen molar-refractivity contribution in [2.45, 2.75) is 39.8 Å². The summed E-state index contributed by atoms with van der Waals surface area (Å²) in [6.45, 7) is 8.94. The minimum Gasteiger partial charge on any atom is -0.491 e. The summed E-state index contributed by atoms with van der Waals surface area (Å²) in [5, 5.41) is 3.43. The maximum absolute atomic E-state index is 5.61. The Bertz CT molecular complexity index is 322. The van der Waals surface area contributed by atoms with Crippen LogP contribution in [-0.4, -0.2) is 19.2 Å². The SMILES string of the molecule is CC(CN)CCNCc1ccc(OC(C)C)cc1. The van der Waals surface area contributed by atoms with E-state index >= 15 is 0 Å². The summed E-state index contributed by atoms with van der Waals surface area (Å²) in [6.07, 6.45) is 1.36. The highest BCUT2D eigenvalue weighted by Gasteiger charge is 2.00. The Hall–Kier alpha value is -1.06. The molecule has 1 aromatic rings. The van der Waals surface area contributed by atoms with Gasteiger partial charge in [0.2, 0.25) is 0 Å². The van der Waals surface area contributed by atoms with Crippen molar-refractivity contribution in [3.8, 4) is 5.75 Å². The van der Waals surface area contributed by atoms with Gasteiger partial charge in [-0.15, -0.1) is 0 Å². The van der Waals surface area contributed by atoms with Gasteiger partial charge in [-0.05, 0) is 57.0 Å². The monoisotopic (exact) mass is 250 g/mol. The maximum Gasteiger partial charge on any atom is 0.119 e. The van der Waals surface area contributed by atoms with Crippen molar-refractivity contribution in [2.24, 2.45) is 11.7 Å². The largest absolute Gasteiger partial charge is 0.491 e. The predicted molar refractivity (Wildman–Crippen MR) is 76.7 cm³/mol. The van der Waals surface area contributed by atoms with Gasteiger partial charge in [0.15, 0.2) is 0 Å². The zero-order chi connectivity index (χ0) is 13.4. The van der Waals surface area contributed by atoms with Gasteiger partial charge in [0.1, 0.15) is 5.75 Å². The standard InChI is InChI=1S/C15H26N2O/c1-12(2)18-15-6-4-14(5-7-15)11-17-9-8-13(3)10-16/h4-7,12-13,17H,8-11,16H2,1-3H3. The summed E-state index contributed by atoms with van der Waals surface area (Å²) in [5.41, 5.74) is 6.86. The third-order valence-corrected chi connectivity index (χ3v) is 2.84. The van der Waals surface area contributed by atoms with E-state index in [1.807, 2.05) is 26.0 Å². The Kier molecular flexibility index (Phi) is 6.76. The molecular weight excluding hydrogens is 224 g/mol. The summed E-state index contributed by atoms with van der Waals surface area (Å²) in [5.74, 6) is 1.53. The molecule has 0 spiro atoms. The van der Waals surface area contributed by atoms with Crippen LogP contribution in [0.4, 0.5) is 0 Å². The van der Waals surface area contributed by atoms with Crippen LogP contribution in [0.3, 0.4) is 0 Å². The van der Waals surface area contributed by atoms with Gasteiger partial charge < -0.3 is 15.8 Å². The molecule has 3 nitrogen and oxygen atoms in total. The number of ether oxygens (including phenoxy) is 1. The average Bonchev–Trinajstić information content (AvgIpc) is 2.35. The van der Waals surface area contributed by atoms with Gasteiger partial charge in [-0.1, -0.05) is 19.1 Å². The van der Waals surface area contributed by atoms with Gasteiger partial charge in [0, 0.05) is 6.54 Å². The molecule has 0 heterocycles. The minimum absolute atomic E-state index is 0.228. The quantitative estimate of drug-likeness (QED) is 0.697. The average molecular weight is 250 g/mol. The Labute approximate surface area is 111 Å². The molecule has 1 rings (SSSR count). The van der Waals surface area contributed by atoms with Crippen LogP contribution >= 0.6 is 0 Å². The molecule has 0 bridgehead atoms. The van der Waals surface area contributed by atoms with E-state index in [4.69, 9.17) is 10.5 Å². The number of nitrogens with one attached hydrogen (secondary N) is 1. The van der Waals surface area contributed by atoms with E-state index in [0.29, 0.717) is 5.92 Å². The normalized spacial score (nSPS) is 12.7. The lowest BCUT2D eigenvalue weighted by atomic mass is 10.1. The first-order valence-electron chi connectivity index (χ1n) is 6.78. The molecule has 1 atom stereocenters. The van der Waals surface area contributed by atoms with Crippen LogP contribution in [-0.2, 0) is 6.54 Å². The summed E-state index contributed by atoms with van der Waals surface area (Å²) >= 11 is 0. The lowest BCUT2D eigenvalue weighted by Gasteiger charge is -2.11. The van der Waals surface area contributed by atoms with Crippen LogP contribution in [0.25, 0.3) is 0 Å². The fourth-order valence-electron chi connectivity index (χ4n) is 1.66. The Morgan fingerprint density at radius 2 is 1.83 bits per heavy atom. The van der Waals surface area contributed by atoms with Crippen molar-refractivity contribution in [1.29, 1.82) is 0 Å². The Balaban J connectivity index is 2.26. The van der Waals surface area contributed by atoms with Crippen molar-refractivity contribution in [2.75, 3.05) is 13.1 Å². The second kappa shape index (κ2) is 8.11. The van der Waals surface area contributed by atoms with Gasteiger partial charge in [-0.3, -0.25) is 0 Å². The second-order valence-electron chi connectivity index (χ2n) is 5.12. The van der Waals surface area contributed by atoms with Crippen molar-refractivity contribution < 1.29 is 4.74 Å². The molecule has 1 unspecified atom stereocenters. The van der Waals surface area contributed by atoms with Gasteiger partial charge in [-0.2, -0.15) is 0 Å². The van der Waals surface area contributed by atoms with Crippen molar-refractivity contribution in [3.05, 3.63) is 29.8 Å². The van der Waals surface area contributed by atoms with E-state index in [1.165, 1.54) is 5.56 Å². The molecular formula is C15H26N2O. The van der Waals surface area contributed by atoms with Crippen LogP contribution < -0.4 is 15.8 Å². The molecule has 3 heteroatoms.